The van der Waals surface area contributed by atoms with Crippen LogP contribution in [-0.4, -0.2) is 23.1 Å². The minimum Gasteiger partial charge on any atom is -0.478 e. The van der Waals surface area contributed by atoms with Crippen LogP contribution in [0.4, 0.5) is 0 Å². The molecule has 3 saturated carbocycles. The number of rotatable bonds is 3. The molecule has 0 radical (unpaired) electrons. The Balaban J connectivity index is 1.75. The van der Waals surface area contributed by atoms with E-state index in [0.29, 0.717) is 11.8 Å². The number of esters is 1. The van der Waals surface area contributed by atoms with Gasteiger partial charge in [0, 0.05) is 0 Å². The molecule has 1 atom stereocenters. The van der Waals surface area contributed by atoms with Gasteiger partial charge in [0.05, 0.1) is 11.1 Å². The maximum atomic E-state index is 12.2. The molecule has 1 N–H and O–H groups in total. The van der Waals surface area contributed by atoms with Gasteiger partial charge < -0.3 is 9.84 Å². The zero-order valence-corrected chi connectivity index (χ0v) is 11.2. The SMILES string of the molecule is O=C(O)c1ccccc1C(=O)O[C@H]1CC2CCC1CC2. The zero-order chi connectivity index (χ0) is 14.1. The van der Waals surface area contributed by atoms with Gasteiger partial charge in [-0.25, -0.2) is 9.59 Å². The van der Waals surface area contributed by atoms with E-state index in [1.165, 1.54) is 25.0 Å². The van der Waals surface area contributed by atoms with E-state index >= 15 is 0 Å². The van der Waals surface area contributed by atoms with Crippen LogP contribution < -0.4 is 0 Å². The van der Waals surface area contributed by atoms with Crippen LogP contribution >= 0.6 is 0 Å². The van der Waals surface area contributed by atoms with Crippen LogP contribution in [0, 0.1) is 11.8 Å². The van der Waals surface area contributed by atoms with Gasteiger partial charge in [0.25, 0.3) is 0 Å². The molecule has 4 rings (SSSR count). The van der Waals surface area contributed by atoms with Crippen molar-refractivity contribution in [3.8, 4) is 0 Å². The van der Waals surface area contributed by atoms with Gasteiger partial charge in [-0.1, -0.05) is 12.1 Å². The second-order valence-electron chi connectivity index (χ2n) is 5.81. The molecule has 3 aliphatic rings. The van der Waals surface area contributed by atoms with Gasteiger partial charge >= 0.3 is 11.9 Å². The summed E-state index contributed by atoms with van der Waals surface area (Å²) in [5.41, 5.74) is 0.167. The molecule has 1 aromatic rings. The molecule has 0 spiro atoms. The molecule has 20 heavy (non-hydrogen) atoms. The molecule has 2 bridgehead atoms. The van der Waals surface area contributed by atoms with E-state index in [2.05, 4.69) is 0 Å². The fourth-order valence-corrected chi connectivity index (χ4v) is 3.51. The molecule has 106 valence electrons. The Morgan fingerprint density at radius 3 is 2.25 bits per heavy atom. The average molecular weight is 274 g/mol. The van der Waals surface area contributed by atoms with Gasteiger partial charge in [-0.05, 0) is 56.1 Å². The Bertz CT molecular complexity index is 529. The zero-order valence-electron chi connectivity index (χ0n) is 11.2. The number of hydrogen-bond donors (Lipinski definition) is 1. The van der Waals surface area contributed by atoms with Crippen molar-refractivity contribution in [2.24, 2.45) is 11.8 Å². The molecule has 0 aromatic heterocycles. The topological polar surface area (TPSA) is 63.6 Å². The second kappa shape index (κ2) is 5.27. The fraction of sp³-hybridized carbons (Fsp3) is 0.500. The smallest absolute Gasteiger partial charge is 0.339 e. The van der Waals surface area contributed by atoms with Crippen molar-refractivity contribution in [3.63, 3.8) is 0 Å². The minimum absolute atomic E-state index is 0.0125. The van der Waals surface area contributed by atoms with Gasteiger partial charge in [-0.2, -0.15) is 0 Å². The molecule has 0 amide bonds. The number of carboxylic acids is 1. The maximum Gasteiger partial charge on any atom is 0.339 e. The van der Waals surface area contributed by atoms with Crippen LogP contribution in [0.1, 0.15) is 52.8 Å². The summed E-state index contributed by atoms with van der Waals surface area (Å²) in [4.78, 5) is 23.4. The Morgan fingerprint density at radius 1 is 1.05 bits per heavy atom. The van der Waals surface area contributed by atoms with Gasteiger partial charge in [0.15, 0.2) is 0 Å². The lowest BCUT2D eigenvalue weighted by Crippen LogP contribution is -2.38. The molecule has 0 saturated heterocycles. The highest BCUT2D eigenvalue weighted by molar-refractivity contribution is 6.02. The first-order valence-corrected chi connectivity index (χ1v) is 7.18. The maximum absolute atomic E-state index is 12.2. The van der Waals surface area contributed by atoms with Crippen LogP contribution in [0.5, 0.6) is 0 Å². The van der Waals surface area contributed by atoms with Crippen molar-refractivity contribution < 1.29 is 19.4 Å². The van der Waals surface area contributed by atoms with Crippen LogP contribution in [0.25, 0.3) is 0 Å². The lowest BCUT2D eigenvalue weighted by atomic mass is 9.69. The number of carboxylic acid groups (broad SMARTS) is 1. The lowest BCUT2D eigenvalue weighted by Gasteiger charge is -2.41. The van der Waals surface area contributed by atoms with Crippen molar-refractivity contribution in [2.45, 2.75) is 38.2 Å². The van der Waals surface area contributed by atoms with Crippen molar-refractivity contribution >= 4 is 11.9 Å². The Labute approximate surface area is 117 Å². The summed E-state index contributed by atoms with van der Waals surface area (Å²) in [5.74, 6) is -0.461. The molecule has 3 aliphatic carbocycles. The number of aromatic carboxylic acids is 1. The van der Waals surface area contributed by atoms with E-state index in [1.807, 2.05) is 0 Å². The number of ether oxygens (including phenoxy) is 1. The number of hydrogen-bond acceptors (Lipinski definition) is 3. The van der Waals surface area contributed by atoms with E-state index in [1.54, 1.807) is 12.1 Å². The highest BCUT2D eigenvalue weighted by Gasteiger charge is 2.38. The molecule has 4 nitrogen and oxygen atoms in total. The van der Waals surface area contributed by atoms with Crippen LogP contribution in [0.15, 0.2) is 24.3 Å². The van der Waals surface area contributed by atoms with E-state index in [0.717, 1.165) is 19.3 Å². The van der Waals surface area contributed by atoms with Gasteiger partial charge in [-0.15, -0.1) is 0 Å². The highest BCUT2D eigenvalue weighted by Crippen LogP contribution is 2.42. The Hall–Kier alpha value is -1.84. The summed E-state index contributed by atoms with van der Waals surface area (Å²) in [6.07, 6.45) is 5.64. The van der Waals surface area contributed by atoms with E-state index in [9.17, 15) is 9.59 Å². The minimum atomic E-state index is -1.09. The van der Waals surface area contributed by atoms with E-state index in [4.69, 9.17) is 9.84 Å². The van der Waals surface area contributed by atoms with Gasteiger partial charge in [0.1, 0.15) is 6.10 Å². The monoisotopic (exact) mass is 274 g/mol. The molecule has 0 aliphatic heterocycles. The largest absolute Gasteiger partial charge is 0.478 e. The summed E-state index contributed by atoms with van der Waals surface area (Å²) < 4.78 is 5.60. The van der Waals surface area contributed by atoms with Gasteiger partial charge in [-0.3, -0.25) is 0 Å². The Kier molecular flexibility index (Phi) is 3.47. The molecular weight excluding hydrogens is 256 g/mol. The predicted octanol–water partition coefficient (Wildman–Crippen LogP) is 3.12. The standard InChI is InChI=1S/C16H18O4/c17-15(18)12-3-1-2-4-13(12)16(19)20-14-9-10-5-7-11(14)8-6-10/h1-4,10-11,14H,5-9H2,(H,17,18)/t10?,11?,14-/m0/s1. The lowest BCUT2D eigenvalue weighted by molar-refractivity contribution is -0.0306. The molecule has 4 heteroatoms. The number of carbonyl (C=O) groups is 2. The summed E-state index contributed by atoms with van der Waals surface area (Å²) in [5, 5.41) is 9.12. The molecule has 1 aromatic carbocycles. The van der Waals surface area contributed by atoms with Crippen LogP contribution in [-0.2, 0) is 4.74 Å². The first kappa shape index (κ1) is 13.2. The Morgan fingerprint density at radius 2 is 1.70 bits per heavy atom. The molecule has 0 unspecified atom stereocenters. The summed E-state index contributed by atoms with van der Waals surface area (Å²) in [7, 11) is 0. The van der Waals surface area contributed by atoms with Gasteiger partial charge in [0.2, 0.25) is 0 Å². The second-order valence-corrected chi connectivity index (χ2v) is 5.81. The normalized spacial score (nSPS) is 28.1. The van der Waals surface area contributed by atoms with Crippen molar-refractivity contribution in [2.75, 3.05) is 0 Å². The first-order valence-electron chi connectivity index (χ1n) is 7.18. The summed E-state index contributed by atoms with van der Waals surface area (Å²) in [6, 6.07) is 6.23. The summed E-state index contributed by atoms with van der Waals surface area (Å²) >= 11 is 0. The highest BCUT2D eigenvalue weighted by atomic mass is 16.5. The van der Waals surface area contributed by atoms with Crippen molar-refractivity contribution in [1.82, 2.24) is 0 Å². The van der Waals surface area contributed by atoms with E-state index in [-0.39, 0.29) is 17.2 Å². The number of fused-ring (bicyclic) bond motifs is 3. The quantitative estimate of drug-likeness (QED) is 0.860. The predicted molar refractivity (Wildman–Crippen MR) is 72.7 cm³/mol. The third-order valence-electron chi connectivity index (χ3n) is 4.62. The number of carbonyl (C=O) groups excluding carboxylic acids is 1. The third kappa shape index (κ3) is 2.42. The third-order valence-corrected chi connectivity index (χ3v) is 4.62. The molecule has 0 heterocycles. The van der Waals surface area contributed by atoms with Crippen molar-refractivity contribution in [1.29, 1.82) is 0 Å². The summed E-state index contributed by atoms with van der Waals surface area (Å²) in [6.45, 7) is 0. The first-order chi connectivity index (χ1) is 9.65. The number of benzene rings is 1. The average Bonchev–Trinajstić information content (AvgIpc) is 2.48. The van der Waals surface area contributed by atoms with Crippen LogP contribution in [0.3, 0.4) is 0 Å². The fourth-order valence-electron chi connectivity index (χ4n) is 3.51. The molecule has 3 fully saturated rings. The molecular formula is C16H18O4. The van der Waals surface area contributed by atoms with Crippen molar-refractivity contribution in [3.05, 3.63) is 35.4 Å². The van der Waals surface area contributed by atoms with E-state index < -0.39 is 11.9 Å². The van der Waals surface area contributed by atoms with Crippen LogP contribution in [0.2, 0.25) is 0 Å².